The van der Waals surface area contributed by atoms with Gasteiger partial charge in [0.05, 0.1) is 24.0 Å². The third kappa shape index (κ3) is 4.40. The second kappa shape index (κ2) is 8.12. The minimum atomic E-state index is -0.459. The summed E-state index contributed by atoms with van der Waals surface area (Å²) in [7, 11) is 0. The van der Waals surface area contributed by atoms with E-state index in [1.165, 1.54) is 12.8 Å². The first-order chi connectivity index (χ1) is 13.6. The summed E-state index contributed by atoms with van der Waals surface area (Å²) < 4.78 is 0. The van der Waals surface area contributed by atoms with Crippen LogP contribution in [0.5, 0.6) is 0 Å². The molecule has 2 aliphatic carbocycles. The van der Waals surface area contributed by atoms with Gasteiger partial charge < -0.3 is 10.4 Å². The zero-order valence-corrected chi connectivity index (χ0v) is 16.1. The normalized spacial score (nSPS) is 21.5. The Morgan fingerprint density at radius 2 is 1.96 bits per heavy atom. The Balaban J connectivity index is 1.51. The van der Waals surface area contributed by atoms with Gasteiger partial charge in [-0.05, 0) is 56.2 Å². The molecule has 1 amide bonds. The zero-order chi connectivity index (χ0) is 19.5. The van der Waals surface area contributed by atoms with E-state index in [0.717, 1.165) is 42.5 Å². The highest BCUT2D eigenvalue weighted by molar-refractivity contribution is 5.95. The van der Waals surface area contributed by atoms with Crippen LogP contribution in [-0.2, 0) is 0 Å². The van der Waals surface area contributed by atoms with Crippen LogP contribution in [0.1, 0.15) is 77.3 Å². The maximum absolute atomic E-state index is 12.6. The number of benzene rings is 1. The Morgan fingerprint density at radius 1 is 1.14 bits per heavy atom. The van der Waals surface area contributed by atoms with Crippen molar-refractivity contribution in [1.29, 1.82) is 0 Å². The van der Waals surface area contributed by atoms with Gasteiger partial charge in [0.15, 0.2) is 0 Å². The van der Waals surface area contributed by atoms with Crippen molar-refractivity contribution < 1.29 is 9.90 Å². The SMILES string of the molecule is Cc1ccc(C(=O)N[C@H]2CCCC[C@@H]2O)cc1C#Cc1cncc(C2CC2)n1. The number of nitrogens with zero attached hydrogens (tertiary/aromatic N) is 2. The molecule has 0 bridgehead atoms. The second-order valence-corrected chi connectivity index (χ2v) is 7.81. The highest BCUT2D eigenvalue weighted by Gasteiger charge is 2.26. The fourth-order valence-electron chi connectivity index (χ4n) is 3.58. The van der Waals surface area contributed by atoms with Crippen molar-refractivity contribution in [3.8, 4) is 11.8 Å². The average molecular weight is 375 g/mol. The third-order valence-corrected chi connectivity index (χ3v) is 5.52. The fraction of sp³-hybridized carbons (Fsp3) is 0.435. The number of aliphatic hydroxyl groups is 1. The lowest BCUT2D eigenvalue weighted by Crippen LogP contribution is -2.45. The molecule has 28 heavy (non-hydrogen) atoms. The molecule has 5 heteroatoms. The lowest BCUT2D eigenvalue weighted by Gasteiger charge is -2.28. The molecule has 0 spiro atoms. The van der Waals surface area contributed by atoms with Gasteiger partial charge in [-0.15, -0.1) is 0 Å². The molecule has 2 saturated carbocycles. The topological polar surface area (TPSA) is 75.1 Å². The molecular formula is C23H25N3O2. The van der Waals surface area contributed by atoms with Gasteiger partial charge in [0.1, 0.15) is 5.69 Å². The molecular weight excluding hydrogens is 350 g/mol. The van der Waals surface area contributed by atoms with E-state index in [0.29, 0.717) is 17.2 Å². The monoisotopic (exact) mass is 375 g/mol. The van der Waals surface area contributed by atoms with Gasteiger partial charge in [-0.1, -0.05) is 24.8 Å². The largest absolute Gasteiger partial charge is 0.391 e. The van der Waals surface area contributed by atoms with Crippen LogP contribution in [0.2, 0.25) is 0 Å². The predicted octanol–water partition coefficient (Wildman–Crippen LogP) is 3.10. The number of aliphatic hydroxyl groups excluding tert-OH is 1. The Bertz CT molecular complexity index is 940. The number of aryl methyl sites for hydroxylation is 1. The van der Waals surface area contributed by atoms with Gasteiger partial charge in [-0.3, -0.25) is 9.78 Å². The molecule has 0 saturated heterocycles. The first-order valence-corrected chi connectivity index (χ1v) is 10.0. The van der Waals surface area contributed by atoms with Crippen LogP contribution in [0.15, 0.2) is 30.6 Å². The van der Waals surface area contributed by atoms with Crippen molar-refractivity contribution in [3.63, 3.8) is 0 Å². The van der Waals surface area contributed by atoms with Gasteiger partial charge in [0.2, 0.25) is 0 Å². The smallest absolute Gasteiger partial charge is 0.251 e. The maximum Gasteiger partial charge on any atom is 0.251 e. The number of carbonyl (C=O) groups excluding carboxylic acids is 1. The minimum Gasteiger partial charge on any atom is -0.391 e. The summed E-state index contributed by atoms with van der Waals surface area (Å²) in [5, 5.41) is 13.1. The zero-order valence-electron chi connectivity index (χ0n) is 16.1. The van der Waals surface area contributed by atoms with Crippen LogP contribution in [-0.4, -0.2) is 33.1 Å². The van der Waals surface area contributed by atoms with E-state index in [1.807, 2.05) is 25.3 Å². The first-order valence-electron chi connectivity index (χ1n) is 10.0. The summed E-state index contributed by atoms with van der Waals surface area (Å²) in [4.78, 5) is 21.5. The highest BCUT2D eigenvalue weighted by atomic mass is 16.3. The Kier molecular flexibility index (Phi) is 5.40. The molecule has 1 aromatic heterocycles. The third-order valence-electron chi connectivity index (χ3n) is 5.52. The number of amides is 1. The van der Waals surface area contributed by atoms with Gasteiger partial charge in [0.25, 0.3) is 5.91 Å². The van der Waals surface area contributed by atoms with E-state index >= 15 is 0 Å². The van der Waals surface area contributed by atoms with E-state index in [1.54, 1.807) is 12.3 Å². The number of aromatic nitrogens is 2. The summed E-state index contributed by atoms with van der Waals surface area (Å²) >= 11 is 0. The number of hydrogen-bond acceptors (Lipinski definition) is 4. The average Bonchev–Trinajstić information content (AvgIpc) is 3.55. The quantitative estimate of drug-likeness (QED) is 0.809. The van der Waals surface area contributed by atoms with Crippen molar-refractivity contribution in [1.82, 2.24) is 15.3 Å². The molecule has 2 aliphatic rings. The molecule has 0 aliphatic heterocycles. The van der Waals surface area contributed by atoms with Crippen molar-refractivity contribution in [2.45, 2.75) is 63.5 Å². The van der Waals surface area contributed by atoms with Crippen LogP contribution < -0.4 is 5.32 Å². The van der Waals surface area contributed by atoms with Crippen LogP contribution >= 0.6 is 0 Å². The standard InChI is InChI=1S/C23H25N3O2/c1-15-6-7-18(23(28)26-20-4-2-3-5-22(20)27)12-17(15)10-11-19-13-24-14-21(25-19)16-8-9-16/h6-7,12-14,16,20,22,27H,2-5,8-9H2,1H3,(H,26,28)/t20-,22-/m0/s1. The summed E-state index contributed by atoms with van der Waals surface area (Å²) in [5.41, 5.74) is 4.04. The molecule has 5 nitrogen and oxygen atoms in total. The molecule has 2 N–H and O–H groups in total. The lowest BCUT2D eigenvalue weighted by molar-refractivity contribution is 0.0717. The van der Waals surface area contributed by atoms with E-state index in [4.69, 9.17) is 0 Å². The summed E-state index contributed by atoms with van der Waals surface area (Å²) in [6.45, 7) is 1.98. The Morgan fingerprint density at radius 3 is 2.75 bits per heavy atom. The highest BCUT2D eigenvalue weighted by Crippen LogP contribution is 2.38. The van der Waals surface area contributed by atoms with Gasteiger partial charge in [-0.2, -0.15) is 0 Å². The molecule has 4 rings (SSSR count). The van der Waals surface area contributed by atoms with E-state index < -0.39 is 6.10 Å². The van der Waals surface area contributed by atoms with Gasteiger partial charge >= 0.3 is 0 Å². The minimum absolute atomic E-state index is 0.162. The second-order valence-electron chi connectivity index (χ2n) is 7.81. The van der Waals surface area contributed by atoms with Crippen molar-refractivity contribution in [3.05, 3.63) is 58.7 Å². The number of rotatable bonds is 3. The lowest BCUT2D eigenvalue weighted by atomic mass is 9.92. The molecule has 2 atom stereocenters. The summed E-state index contributed by atoms with van der Waals surface area (Å²) in [5.74, 6) is 6.60. The molecule has 1 aromatic carbocycles. The molecule has 0 unspecified atom stereocenters. The number of nitrogens with one attached hydrogen (secondary N) is 1. The Labute approximate surface area is 165 Å². The molecule has 2 aromatic rings. The predicted molar refractivity (Wildman–Crippen MR) is 107 cm³/mol. The van der Waals surface area contributed by atoms with Crippen molar-refractivity contribution in [2.24, 2.45) is 0 Å². The fourth-order valence-corrected chi connectivity index (χ4v) is 3.58. The van der Waals surface area contributed by atoms with E-state index in [-0.39, 0.29) is 11.9 Å². The summed E-state index contributed by atoms with van der Waals surface area (Å²) in [6, 6.07) is 5.35. The maximum atomic E-state index is 12.6. The van der Waals surface area contributed by atoms with Gasteiger partial charge in [0, 0.05) is 23.2 Å². The number of hydrogen-bond donors (Lipinski definition) is 2. The van der Waals surface area contributed by atoms with E-state index in [2.05, 4.69) is 27.1 Å². The van der Waals surface area contributed by atoms with Crippen LogP contribution in [0.4, 0.5) is 0 Å². The number of carbonyl (C=O) groups is 1. The van der Waals surface area contributed by atoms with Gasteiger partial charge in [-0.25, -0.2) is 4.98 Å². The summed E-state index contributed by atoms with van der Waals surface area (Å²) in [6.07, 6.45) is 9.01. The van der Waals surface area contributed by atoms with Crippen LogP contribution in [0.3, 0.4) is 0 Å². The molecule has 1 heterocycles. The van der Waals surface area contributed by atoms with Crippen molar-refractivity contribution in [2.75, 3.05) is 0 Å². The molecule has 2 fully saturated rings. The Hall–Kier alpha value is -2.71. The first kappa shape index (κ1) is 18.6. The van der Waals surface area contributed by atoms with E-state index in [9.17, 15) is 9.90 Å². The van der Waals surface area contributed by atoms with Crippen LogP contribution in [0.25, 0.3) is 0 Å². The van der Waals surface area contributed by atoms with Crippen LogP contribution in [0, 0.1) is 18.8 Å². The van der Waals surface area contributed by atoms with Crippen molar-refractivity contribution >= 4 is 5.91 Å². The molecule has 144 valence electrons. The molecule has 0 radical (unpaired) electrons.